The van der Waals surface area contributed by atoms with Gasteiger partial charge >= 0.3 is 0 Å². The average Bonchev–Trinajstić information content (AvgIpc) is 2.07. The molecule has 1 aliphatic carbocycles. The zero-order valence-corrected chi connectivity index (χ0v) is 9.03. The third-order valence-electron chi connectivity index (χ3n) is 2.42. The predicted octanol–water partition coefficient (Wildman–Crippen LogP) is 0.603. The summed E-state index contributed by atoms with van der Waals surface area (Å²) in [7, 11) is 0. The zero-order valence-electron chi connectivity index (χ0n) is 9.03. The first-order valence-electron chi connectivity index (χ1n) is 5.36. The molecule has 0 amide bonds. The summed E-state index contributed by atoms with van der Waals surface area (Å²) in [6.45, 7) is 4.07. The van der Waals surface area contributed by atoms with Crippen molar-refractivity contribution < 1.29 is 5.11 Å². The minimum atomic E-state index is -0.124. The van der Waals surface area contributed by atoms with Crippen molar-refractivity contribution in [3.05, 3.63) is 0 Å². The summed E-state index contributed by atoms with van der Waals surface area (Å²) in [6.07, 6.45) is 3.47. The summed E-state index contributed by atoms with van der Waals surface area (Å²) in [5.74, 6) is 0.529. The van der Waals surface area contributed by atoms with Gasteiger partial charge in [-0.1, -0.05) is 0 Å². The van der Waals surface area contributed by atoms with Crippen molar-refractivity contribution in [1.82, 2.24) is 5.32 Å². The lowest BCUT2D eigenvalue weighted by atomic mass is 9.94. The molecule has 0 aliphatic heterocycles. The number of aliphatic hydroxyl groups is 1. The highest BCUT2D eigenvalue weighted by molar-refractivity contribution is 5.78. The van der Waals surface area contributed by atoms with E-state index >= 15 is 0 Å². The van der Waals surface area contributed by atoms with Gasteiger partial charge < -0.3 is 16.2 Å². The Labute approximate surface area is 85.6 Å². The molecule has 14 heavy (non-hydrogen) atoms. The minimum absolute atomic E-state index is 0.124. The van der Waals surface area contributed by atoms with E-state index in [1.165, 1.54) is 0 Å². The minimum Gasteiger partial charge on any atom is -0.393 e. The summed E-state index contributed by atoms with van der Waals surface area (Å²) in [5.41, 5.74) is 5.72. The lowest BCUT2D eigenvalue weighted by molar-refractivity contribution is 0.123. The maximum absolute atomic E-state index is 9.31. The number of rotatable bonds is 2. The third kappa shape index (κ3) is 3.96. The van der Waals surface area contributed by atoms with Gasteiger partial charge in [-0.15, -0.1) is 0 Å². The highest BCUT2D eigenvalue weighted by atomic mass is 16.3. The molecule has 0 heterocycles. The first-order chi connectivity index (χ1) is 6.58. The van der Waals surface area contributed by atoms with Gasteiger partial charge in [-0.05, 0) is 39.5 Å². The van der Waals surface area contributed by atoms with E-state index in [0.717, 1.165) is 25.7 Å². The number of nitrogens with two attached hydrogens (primary N) is 1. The standard InChI is InChI=1S/C10H21N3O/c1-7(2)12-10(11)13-8-3-5-9(14)6-4-8/h7-9,14H,3-6H2,1-2H3,(H3,11,12,13). The van der Waals surface area contributed by atoms with Crippen LogP contribution in [0.3, 0.4) is 0 Å². The van der Waals surface area contributed by atoms with Crippen LogP contribution in [0.5, 0.6) is 0 Å². The molecular weight excluding hydrogens is 178 g/mol. The Kier molecular flexibility index (Phi) is 4.20. The fourth-order valence-corrected chi connectivity index (χ4v) is 1.72. The van der Waals surface area contributed by atoms with Crippen LogP contribution in [0.25, 0.3) is 0 Å². The Morgan fingerprint density at radius 1 is 1.36 bits per heavy atom. The predicted molar refractivity (Wildman–Crippen MR) is 58.2 cm³/mol. The maximum Gasteiger partial charge on any atom is 0.189 e. The van der Waals surface area contributed by atoms with Crippen LogP contribution in [0.2, 0.25) is 0 Å². The Hall–Kier alpha value is -0.770. The molecule has 0 aromatic rings. The molecule has 0 aromatic heterocycles. The summed E-state index contributed by atoms with van der Waals surface area (Å²) in [6, 6.07) is 0.623. The van der Waals surface area contributed by atoms with Gasteiger partial charge in [0.25, 0.3) is 0 Å². The molecular formula is C10H21N3O. The molecule has 0 unspecified atom stereocenters. The van der Waals surface area contributed by atoms with Crippen LogP contribution in [0.15, 0.2) is 4.99 Å². The van der Waals surface area contributed by atoms with Crippen molar-refractivity contribution in [1.29, 1.82) is 0 Å². The van der Waals surface area contributed by atoms with Crippen molar-refractivity contribution in [3.8, 4) is 0 Å². The largest absolute Gasteiger partial charge is 0.393 e. The lowest BCUT2D eigenvalue weighted by Gasteiger charge is -2.23. The molecule has 0 atom stereocenters. The van der Waals surface area contributed by atoms with E-state index in [9.17, 15) is 5.11 Å². The number of hydrogen-bond donors (Lipinski definition) is 3. The molecule has 4 heteroatoms. The molecule has 0 bridgehead atoms. The van der Waals surface area contributed by atoms with Gasteiger partial charge in [-0.25, -0.2) is 0 Å². The quantitative estimate of drug-likeness (QED) is 0.450. The number of aliphatic hydroxyl groups excluding tert-OH is 1. The molecule has 0 saturated heterocycles. The van der Waals surface area contributed by atoms with E-state index in [2.05, 4.69) is 10.3 Å². The van der Waals surface area contributed by atoms with E-state index in [1.807, 2.05) is 13.8 Å². The second-order valence-corrected chi connectivity index (χ2v) is 4.28. The molecule has 0 radical (unpaired) electrons. The van der Waals surface area contributed by atoms with Gasteiger partial charge in [0.05, 0.1) is 12.1 Å². The summed E-state index contributed by atoms with van der Waals surface area (Å²) < 4.78 is 0. The van der Waals surface area contributed by atoms with Gasteiger partial charge in [-0.2, -0.15) is 0 Å². The zero-order chi connectivity index (χ0) is 10.6. The Balaban J connectivity index is 2.35. The number of nitrogens with one attached hydrogen (secondary N) is 1. The van der Waals surface area contributed by atoms with Gasteiger partial charge in [-0.3, -0.25) is 4.99 Å². The normalized spacial score (nSPS) is 29.3. The van der Waals surface area contributed by atoms with Crippen molar-refractivity contribution in [3.63, 3.8) is 0 Å². The topological polar surface area (TPSA) is 70.6 Å². The summed E-state index contributed by atoms with van der Waals surface area (Å²) >= 11 is 0. The Bertz CT molecular complexity index is 196. The van der Waals surface area contributed by atoms with Crippen LogP contribution in [0.1, 0.15) is 39.5 Å². The Morgan fingerprint density at radius 3 is 2.43 bits per heavy atom. The van der Waals surface area contributed by atoms with E-state index in [4.69, 9.17) is 5.73 Å². The molecule has 4 nitrogen and oxygen atoms in total. The SMILES string of the molecule is CC(C)NC(N)=NC1CCC(O)CC1. The maximum atomic E-state index is 9.31. The highest BCUT2D eigenvalue weighted by Gasteiger charge is 2.18. The molecule has 1 fully saturated rings. The molecule has 4 N–H and O–H groups in total. The van der Waals surface area contributed by atoms with E-state index < -0.39 is 0 Å². The number of guanidine groups is 1. The van der Waals surface area contributed by atoms with E-state index in [-0.39, 0.29) is 6.10 Å². The second kappa shape index (κ2) is 5.20. The molecule has 0 aromatic carbocycles. The van der Waals surface area contributed by atoms with Crippen LogP contribution in [0, 0.1) is 0 Å². The highest BCUT2D eigenvalue weighted by Crippen LogP contribution is 2.20. The molecule has 82 valence electrons. The van der Waals surface area contributed by atoms with Crippen molar-refractivity contribution in [2.75, 3.05) is 0 Å². The molecule has 1 rings (SSSR count). The van der Waals surface area contributed by atoms with Gasteiger partial charge in [0, 0.05) is 6.04 Å². The second-order valence-electron chi connectivity index (χ2n) is 4.28. The Morgan fingerprint density at radius 2 is 1.93 bits per heavy atom. The first-order valence-corrected chi connectivity index (χ1v) is 5.36. The molecule has 0 spiro atoms. The van der Waals surface area contributed by atoms with Crippen molar-refractivity contribution in [2.24, 2.45) is 10.7 Å². The average molecular weight is 199 g/mol. The van der Waals surface area contributed by atoms with Crippen LogP contribution >= 0.6 is 0 Å². The first kappa shape index (κ1) is 11.3. The van der Waals surface area contributed by atoms with Crippen molar-refractivity contribution >= 4 is 5.96 Å². The van der Waals surface area contributed by atoms with Crippen LogP contribution < -0.4 is 11.1 Å². The number of nitrogens with zero attached hydrogens (tertiary/aromatic N) is 1. The number of aliphatic imine (C=N–C) groups is 1. The van der Waals surface area contributed by atoms with Crippen LogP contribution in [-0.4, -0.2) is 29.3 Å². The van der Waals surface area contributed by atoms with Gasteiger partial charge in [0.2, 0.25) is 0 Å². The fraction of sp³-hybridized carbons (Fsp3) is 0.900. The number of hydrogen-bond acceptors (Lipinski definition) is 2. The van der Waals surface area contributed by atoms with Gasteiger partial charge in [0.1, 0.15) is 0 Å². The van der Waals surface area contributed by atoms with Crippen LogP contribution in [0.4, 0.5) is 0 Å². The molecule has 1 saturated carbocycles. The summed E-state index contributed by atoms with van der Waals surface area (Å²) in [4.78, 5) is 4.38. The van der Waals surface area contributed by atoms with Crippen molar-refractivity contribution in [2.45, 2.75) is 57.7 Å². The van der Waals surface area contributed by atoms with Gasteiger partial charge in [0.15, 0.2) is 5.96 Å². The molecule has 1 aliphatic rings. The van der Waals surface area contributed by atoms with E-state index in [1.54, 1.807) is 0 Å². The van der Waals surface area contributed by atoms with Crippen LogP contribution in [-0.2, 0) is 0 Å². The smallest absolute Gasteiger partial charge is 0.189 e. The van der Waals surface area contributed by atoms with E-state index in [0.29, 0.717) is 18.0 Å². The summed E-state index contributed by atoms with van der Waals surface area (Å²) in [5, 5.41) is 12.4. The third-order valence-corrected chi connectivity index (χ3v) is 2.42. The fourth-order valence-electron chi connectivity index (χ4n) is 1.72. The monoisotopic (exact) mass is 199 g/mol. The lowest BCUT2D eigenvalue weighted by Crippen LogP contribution is -2.38.